The highest BCUT2D eigenvalue weighted by atomic mass is 32.1. The summed E-state index contributed by atoms with van der Waals surface area (Å²) in [6.07, 6.45) is -0.572. The van der Waals surface area contributed by atoms with Gasteiger partial charge >= 0.3 is 0 Å². The summed E-state index contributed by atoms with van der Waals surface area (Å²) < 4.78 is 5.71. The maximum absolute atomic E-state index is 12.1. The molecule has 1 atom stereocenters. The van der Waals surface area contributed by atoms with Crippen LogP contribution in [0.1, 0.15) is 16.8 Å². The second-order valence-electron chi connectivity index (χ2n) is 6.29. The monoisotopic (exact) mass is 402 g/mol. The zero-order valence-electron chi connectivity index (χ0n) is 15.3. The summed E-state index contributed by atoms with van der Waals surface area (Å²) in [6.45, 7) is 4.21. The predicted octanol–water partition coefficient (Wildman–Crippen LogP) is 3.59. The lowest BCUT2D eigenvalue weighted by molar-refractivity contribution is -0.121. The molecule has 0 fully saturated rings. The second-order valence-corrected chi connectivity index (χ2v) is 8.09. The van der Waals surface area contributed by atoms with Gasteiger partial charge in [-0.2, -0.15) is 0 Å². The summed E-state index contributed by atoms with van der Waals surface area (Å²) >= 11 is 3.16. The fourth-order valence-electron chi connectivity index (χ4n) is 2.63. The van der Waals surface area contributed by atoms with Gasteiger partial charge in [0.05, 0.1) is 17.0 Å². The molecule has 1 aromatic carbocycles. The van der Waals surface area contributed by atoms with E-state index in [1.54, 1.807) is 11.3 Å². The van der Waals surface area contributed by atoms with Gasteiger partial charge in [-0.15, -0.1) is 22.7 Å². The van der Waals surface area contributed by atoms with Crippen molar-refractivity contribution in [2.75, 3.05) is 13.2 Å². The average molecular weight is 403 g/mol. The van der Waals surface area contributed by atoms with Gasteiger partial charge in [0.25, 0.3) is 0 Å². The van der Waals surface area contributed by atoms with E-state index in [1.165, 1.54) is 11.3 Å². The van der Waals surface area contributed by atoms with Gasteiger partial charge in [-0.25, -0.2) is 4.98 Å². The van der Waals surface area contributed by atoms with Crippen LogP contribution in [0.5, 0.6) is 5.75 Å². The van der Waals surface area contributed by atoms with Gasteiger partial charge in [0.1, 0.15) is 23.5 Å². The number of aliphatic hydroxyl groups excluding tert-OH is 1. The minimum atomic E-state index is -0.773. The molecule has 27 heavy (non-hydrogen) atoms. The van der Waals surface area contributed by atoms with Gasteiger partial charge < -0.3 is 15.2 Å². The van der Waals surface area contributed by atoms with E-state index in [0.29, 0.717) is 0 Å². The molecule has 142 valence electrons. The van der Waals surface area contributed by atoms with Crippen LogP contribution in [0.25, 0.3) is 9.88 Å². The summed E-state index contributed by atoms with van der Waals surface area (Å²) in [7, 11) is 0. The van der Waals surface area contributed by atoms with Crippen molar-refractivity contribution in [2.24, 2.45) is 0 Å². The zero-order valence-corrected chi connectivity index (χ0v) is 16.9. The third kappa shape index (κ3) is 5.38. The van der Waals surface area contributed by atoms with Crippen molar-refractivity contribution in [2.45, 2.75) is 26.4 Å². The maximum Gasteiger partial charge on any atom is 0.226 e. The Morgan fingerprint density at radius 3 is 2.70 bits per heavy atom. The minimum absolute atomic E-state index is 0.130. The lowest BCUT2D eigenvalue weighted by Crippen LogP contribution is -2.36. The Morgan fingerprint density at radius 1 is 1.22 bits per heavy atom. The molecule has 5 nitrogen and oxygen atoms in total. The number of carbonyl (C=O) groups excluding carboxylic acids is 1. The number of para-hydroxylation sites is 1. The number of aromatic nitrogens is 1. The fourth-order valence-corrected chi connectivity index (χ4v) is 4.26. The molecule has 0 saturated heterocycles. The Labute approximate surface area is 166 Å². The number of nitrogens with one attached hydrogen (secondary N) is 1. The van der Waals surface area contributed by atoms with E-state index in [4.69, 9.17) is 4.74 Å². The largest absolute Gasteiger partial charge is 0.490 e. The number of hydrogen-bond acceptors (Lipinski definition) is 6. The number of aryl methyl sites for hydroxylation is 2. The molecule has 0 saturated carbocycles. The van der Waals surface area contributed by atoms with E-state index >= 15 is 0 Å². The van der Waals surface area contributed by atoms with Gasteiger partial charge in [0, 0.05) is 11.9 Å². The first-order valence-corrected chi connectivity index (χ1v) is 10.4. The number of thiazole rings is 1. The first kappa shape index (κ1) is 19.5. The van der Waals surface area contributed by atoms with E-state index in [2.05, 4.69) is 10.3 Å². The Balaban J connectivity index is 1.43. The van der Waals surface area contributed by atoms with Gasteiger partial charge in [0.15, 0.2) is 0 Å². The van der Waals surface area contributed by atoms with Crippen LogP contribution in [0.2, 0.25) is 0 Å². The highest BCUT2D eigenvalue weighted by Gasteiger charge is 2.13. The Kier molecular flexibility index (Phi) is 6.60. The summed E-state index contributed by atoms with van der Waals surface area (Å²) in [5, 5.41) is 17.7. The molecule has 0 aliphatic carbocycles. The van der Waals surface area contributed by atoms with Crippen molar-refractivity contribution in [3.8, 4) is 15.6 Å². The van der Waals surface area contributed by atoms with Crippen LogP contribution < -0.4 is 10.1 Å². The van der Waals surface area contributed by atoms with Crippen molar-refractivity contribution in [1.82, 2.24) is 10.3 Å². The van der Waals surface area contributed by atoms with Gasteiger partial charge in [-0.1, -0.05) is 24.3 Å². The highest BCUT2D eigenvalue weighted by Crippen LogP contribution is 2.27. The van der Waals surface area contributed by atoms with Crippen LogP contribution in [0.15, 0.2) is 41.1 Å². The second kappa shape index (κ2) is 9.12. The fraction of sp³-hybridized carbons (Fsp3) is 0.300. The SMILES string of the molecule is Cc1cccc(C)c1OCC(O)CNC(=O)Cc1csc(-c2cccs2)n1. The van der Waals surface area contributed by atoms with Gasteiger partial charge in [-0.05, 0) is 36.4 Å². The number of amides is 1. The summed E-state index contributed by atoms with van der Waals surface area (Å²) in [5.74, 6) is 0.621. The molecule has 0 radical (unpaired) electrons. The van der Waals surface area contributed by atoms with E-state index < -0.39 is 6.10 Å². The number of aliphatic hydroxyl groups is 1. The number of carbonyl (C=O) groups is 1. The number of thiophene rings is 1. The quantitative estimate of drug-likeness (QED) is 0.604. The van der Waals surface area contributed by atoms with Crippen molar-refractivity contribution < 1.29 is 14.6 Å². The molecule has 3 rings (SSSR count). The molecule has 2 heterocycles. The zero-order chi connectivity index (χ0) is 19.2. The Morgan fingerprint density at radius 2 is 2.00 bits per heavy atom. The molecule has 2 aromatic heterocycles. The highest BCUT2D eigenvalue weighted by molar-refractivity contribution is 7.20. The van der Waals surface area contributed by atoms with Crippen molar-refractivity contribution in [3.63, 3.8) is 0 Å². The predicted molar refractivity (Wildman–Crippen MR) is 110 cm³/mol. The molecular formula is C20H22N2O3S2. The number of nitrogens with zero attached hydrogens (tertiary/aromatic N) is 1. The van der Waals surface area contributed by atoms with E-state index in [0.717, 1.165) is 32.5 Å². The standard InChI is InChI=1S/C20H22N2O3S2/c1-13-5-3-6-14(2)19(13)25-11-16(23)10-21-18(24)9-15-12-27-20(22-15)17-7-4-8-26-17/h3-8,12,16,23H,9-11H2,1-2H3,(H,21,24). The third-order valence-corrected chi connectivity index (χ3v) is 5.92. The molecule has 2 N–H and O–H groups in total. The lowest BCUT2D eigenvalue weighted by atomic mass is 10.1. The number of ether oxygens (including phenoxy) is 1. The van der Waals surface area contributed by atoms with Crippen molar-refractivity contribution in [3.05, 3.63) is 57.9 Å². The molecule has 7 heteroatoms. The van der Waals surface area contributed by atoms with Crippen LogP contribution >= 0.6 is 22.7 Å². The molecule has 1 amide bonds. The maximum atomic E-state index is 12.1. The minimum Gasteiger partial charge on any atom is -0.490 e. The van der Waals surface area contributed by atoms with Crippen LogP contribution in [0.3, 0.4) is 0 Å². The topological polar surface area (TPSA) is 71.5 Å². The number of hydrogen-bond donors (Lipinski definition) is 2. The van der Waals surface area contributed by atoms with Crippen LogP contribution in [-0.4, -0.2) is 35.3 Å². The molecule has 3 aromatic rings. The molecule has 0 aliphatic rings. The normalized spacial score (nSPS) is 12.0. The van der Waals surface area contributed by atoms with E-state index in [9.17, 15) is 9.90 Å². The summed E-state index contributed by atoms with van der Waals surface area (Å²) in [6, 6.07) is 9.90. The van der Waals surface area contributed by atoms with Crippen molar-refractivity contribution >= 4 is 28.6 Å². The van der Waals surface area contributed by atoms with Crippen LogP contribution in [-0.2, 0) is 11.2 Å². The van der Waals surface area contributed by atoms with E-state index in [1.807, 2.05) is 54.9 Å². The van der Waals surface area contributed by atoms with E-state index in [-0.39, 0.29) is 25.5 Å². The molecule has 0 bridgehead atoms. The Hall–Kier alpha value is -2.22. The van der Waals surface area contributed by atoms with Crippen molar-refractivity contribution in [1.29, 1.82) is 0 Å². The Bertz CT molecular complexity index is 870. The summed E-state index contributed by atoms with van der Waals surface area (Å²) in [5.41, 5.74) is 2.79. The summed E-state index contributed by atoms with van der Waals surface area (Å²) in [4.78, 5) is 17.7. The number of rotatable bonds is 8. The van der Waals surface area contributed by atoms with Gasteiger partial charge in [0.2, 0.25) is 5.91 Å². The lowest BCUT2D eigenvalue weighted by Gasteiger charge is -2.16. The smallest absolute Gasteiger partial charge is 0.226 e. The molecule has 1 unspecified atom stereocenters. The van der Waals surface area contributed by atoms with Crippen LogP contribution in [0.4, 0.5) is 0 Å². The average Bonchev–Trinajstić information content (AvgIpc) is 3.31. The first-order chi connectivity index (χ1) is 13.0. The third-order valence-electron chi connectivity index (χ3n) is 3.99. The first-order valence-electron chi connectivity index (χ1n) is 8.65. The molecule has 0 aliphatic heterocycles. The van der Waals surface area contributed by atoms with Gasteiger partial charge in [-0.3, -0.25) is 4.79 Å². The molecule has 0 spiro atoms. The molecular weight excluding hydrogens is 380 g/mol. The van der Waals surface area contributed by atoms with Crippen LogP contribution in [0, 0.1) is 13.8 Å². The number of benzene rings is 1.